The van der Waals surface area contributed by atoms with E-state index in [0.29, 0.717) is 13.2 Å². The summed E-state index contributed by atoms with van der Waals surface area (Å²) >= 11 is 0. The van der Waals surface area contributed by atoms with Gasteiger partial charge in [-0.1, -0.05) is 0 Å². The Labute approximate surface area is 126 Å². The molecule has 0 spiro atoms. The van der Waals surface area contributed by atoms with Crippen LogP contribution < -0.4 is 10.6 Å². The second-order valence-electron chi connectivity index (χ2n) is 4.74. The Morgan fingerprint density at radius 2 is 2.23 bits per heavy atom. The Hall–Kier alpha value is -2.19. The van der Waals surface area contributed by atoms with E-state index in [1.165, 1.54) is 13.2 Å². The lowest BCUT2D eigenvalue weighted by atomic mass is 10.1. The van der Waals surface area contributed by atoms with Crippen LogP contribution >= 0.6 is 0 Å². The highest BCUT2D eigenvalue weighted by Crippen LogP contribution is 2.28. The van der Waals surface area contributed by atoms with E-state index in [4.69, 9.17) is 9.84 Å². The normalized spacial score (nSPS) is 16.6. The maximum Gasteiger partial charge on any atom is 0.338 e. The molecular weight excluding hydrogens is 295 g/mol. The van der Waals surface area contributed by atoms with Gasteiger partial charge in [0, 0.05) is 13.2 Å². The number of carbonyl (C=O) groups excluding carboxylic acids is 2. The molecule has 1 aromatic carbocycles. The van der Waals surface area contributed by atoms with Crippen LogP contribution in [0.1, 0.15) is 16.8 Å². The van der Waals surface area contributed by atoms with Gasteiger partial charge in [-0.05, 0) is 18.6 Å². The van der Waals surface area contributed by atoms with Crippen molar-refractivity contribution in [3.63, 3.8) is 0 Å². The van der Waals surface area contributed by atoms with Gasteiger partial charge < -0.3 is 25.2 Å². The van der Waals surface area contributed by atoms with E-state index in [2.05, 4.69) is 15.4 Å². The number of aliphatic hydroxyl groups excluding tert-OH is 1. The molecule has 1 unspecified atom stereocenters. The fourth-order valence-corrected chi connectivity index (χ4v) is 1.96. The van der Waals surface area contributed by atoms with Gasteiger partial charge >= 0.3 is 5.97 Å². The average Bonchev–Trinajstić information content (AvgIpc) is 2.47. The molecule has 1 aliphatic heterocycles. The third kappa shape index (κ3) is 3.71. The van der Waals surface area contributed by atoms with Crippen molar-refractivity contribution >= 4 is 23.3 Å². The van der Waals surface area contributed by atoms with Crippen molar-refractivity contribution in [2.45, 2.75) is 12.5 Å². The molecule has 1 aromatic rings. The van der Waals surface area contributed by atoms with Gasteiger partial charge in [0.05, 0.1) is 24.5 Å². The number of amides is 1. The molecule has 2 rings (SSSR count). The van der Waals surface area contributed by atoms with E-state index < -0.39 is 24.3 Å². The van der Waals surface area contributed by atoms with E-state index in [1.807, 2.05) is 0 Å². The predicted molar refractivity (Wildman–Crippen MR) is 76.3 cm³/mol. The molecule has 1 heterocycles. The van der Waals surface area contributed by atoms with Crippen molar-refractivity contribution in [1.29, 1.82) is 0 Å². The summed E-state index contributed by atoms with van der Waals surface area (Å²) in [6.45, 7) is 0.312. The molecule has 0 bridgehead atoms. The lowest BCUT2D eigenvalue weighted by Gasteiger charge is -2.27. The van der Waals surface area contributed by atoms with Crippen molar-refractivity contribution in [2.24, 2.45) is 0 Å². The SMILES string of the molecule is COC(=O)c1cc(F)c(NC(=O)CO)c(NCC2CCO2)c1. The molecule has 22 heavy (non-hydrogen) atoms. The van der Waals surface area contributed by atoms with Crippen molar-refractivity contribution < 1.29 is 28.6 Å². The second kappa shape index (κ2) is 7.19. The number of aliphatic hydroxyl groups is 1. The van der Waals surface area contributed by atoms with Crippen molar-refractivity contribution in [2.75, 3.05) is 37.5 Å². The standard InChI is InChI=1S/C14H17FN2O5/c1-21-14(20)8-4-10(15)13(17-12(19)7-18)11(5-8)16-6-9-2-3-22-9/h4-5,9,16,18H,2-3,6-7H2,1H3,(H,17,19). The Kier molecular flexibility index (Phi) is 5.29. The number of methoxy groups -OCH3 is 1. The Bertz CT molecular complexity index is 575. The number of esters is 1. The van der Waals surface area contributed by atoms with Gasteiger partial charge in [-0.2, -0.15) is 0 Å². The number of anilines is 2. The number of halogens is 1. The van der Waals surface area contributed by atoms with Crippen LogP contribution in [0.4, 0.5) is 15.8 Å². The zero-order chi connectivity index (χ0) is 16.1. The van der Waals surface area contributed by atoms with E-state index in [-0.39, 0.29) is 23.0 Å². The third-order valence-electron chi connectivity index (χ3n) is 3.23. The summed E-state index contributed by atoms with van der Waals surface area (Å²) in [5.74, 6) is -2.25. The number of nitrogens with one attached hydrogen (secondary N) is 2. The summed E-state index contributed by atoms with van der Waals surface area (Å²) in [6.07, 6.45) is 0.885. The zero-order valence-corrected chi connectivity index (χ0v) is 12.0. The van der Waals surface area contributed by atoms with Crippen LogP contribution in [0, 0.1) is 5.82 Å². The van der Waals surface area contributed by atoms with Crippen LogP contribution in [0.2, 0.25) is 0 Å². The largest absolute Gasteiger partial charge is 0.465 e. The summed E-state index contributed by atoms with van der Waals surface area (Å²) in [5, 5.41) is 14.0. The molecular formula is C14H17FN2O5. The topological polar surface area (TPSA) is 96.9 Å². The molecule has 1 fully saturated rings. The lowest BCUT2D eigenvalue weighted by Crippen LogP contribution is -2.33. The van der Waals surface area contributed by atoms with Crippen LogP contribution in [0.15, 0.2) is 12.1 Å². The zero-order valence-electron chi connectivity index (χ0n) is 12.0. The first kappa shape index (κ1) is 16.2. The second-order valence-corrected chi connectivity index (χ2v) is 4.74. The Balaban J connectivity index is 2.27. The van der Waals surface area contributed by atoms with Gasteiger partial charge in [-0.15, -0.1) is 0 Å². The number of ether oxygens (including phenoxy) is 2. The highest BCUT2D eigenvalue weighted by molar-refractivity contribution is 5.98. The molecule has 1 amide bonds. The summed E-state index contributed by atoms with van der Waals surface area (Å²) in [4.78, 5) is 22.8. The third-order valence-corrected chi connectivity index (χ3v) is 3.23. The molecule has 1 atom stereocenters. The van der Waals surface area contributed by atoms with Crippen LogP contribution in [0.5, 0.6) is 0 Å². The van der Waals surface area contributed by atoms with Crippen LogP contribution in [0.3, 0.4) is 0 Å². The molecule has 0 aliphatic carbocycles. The van der Waals surface area contributed by atoms with Crippen LogP contribution in [0.25, 0.3) is 0 Å². The van der Waals surface area contributed by atoms with Crippen molar-refractivity contribution in [3.8, 4) is 0 Å². The highest BCUT2D eigenvalue weighted by atomic mass is 19.1. The molecule has 0 saturated carbocycles. The van der Waals surface area contributed by atoms with Crippen molar-refractivity contribution in [1.82, 2.24) is 0 Å². The maximum absolute atomic E-state index is 14.1. The smallest absolute Gasteiger partial charge is 0.338 e. The minimum absolute atomic E-state index is 0.00578. The van der Waals surface area contributed by atoms with E-state index >= 15 is 0 Å². The summed E-state index contributed by atoms with van der Waals surface area (Å²) in [7, 11) is 1.19. The van der Waals surface area contributed by atoms with E-state index in [1.54, 1.807) is 0 Å². The molecule has 0 aromatic heterocycles. The Morgan fingerprint density at radius 3 is 2.77 bits per heavy atom. The van der Waals surface area contributed by atoms with E-state index in [9.17, 15) is 14.0 Å². The van der Waals surface area contributed by atoms with Gasteiger partial charge in [0.1, 0.15) is 18.1 Å². The van der Waals surface area contributed by atoms with Gasteiger partial charge in [-0.25, -0.2) is 9.18 Å². The summed E-state index contributed by atoms with van der Waals surface area (Å²) in [5.41, 5.74) is 0.0998. The number of benzene rings is 1. The first-order valence-corrected chi connectivity index (χ1v) is 6.73. The summed E-state index contributed by atoms with van der Waals surface area (Å²) < 4.78 is 24.0. The van der Waals surface area contributed by atoms with Crippen LogP contribution in [-0.4, -0.2) is 50.0 Å². The number of carbonyl (C=O) groups is 2. The number of hydrogen-bond donors (Lipinski definition) is 3. The Morgan fingerprint density at radius 1 is 1.50 bits per heavy atom. The van der Waals surface area contributed by atoms with Gasteiger partial charge in [0.15, 0.2) is 0 Å². The fourth-order valence-electron chi connectivity index (χ4n) is 1.96. The molecule has 0 radical (unpaired) electrons. The summed E-state index contributed by atoms with van der Waals surface area (Å²) in [6, 6.07) is 2.34. The fraction of sp³-hybridized carbons (Fsp3) is 0.429. The average molecular weight is 312 g/mol. The lowest BCUT2D eigenvalue weighted by molar-refractivity contribution is -0.118. The van der Waals surface area contributed by atoms with E-state index in [0.717, 1.165) is 12.5 Å². The molecule has 120 valence electrons. The molecule has 1 aliphatic rings. The molecule has 1 saturated heterocycles. The molecule has 7 nitrogen and oxygen atoms in total. The monoisotopic (exact) mass is 312 g/mol. The minimum atomic E-state index is -0.804. The van der Waals surface area contributed by atoms with Gasteiger partial charge in [0.2, 0.25) is 5.91 Å². The molecule has 3 N–H and O–H groups in total. The maximum atomic E-state index is 14.1. The predicted octanol–water partition coefficient (Wildman–Crippen LogP) is 0.744. The quantitative estimate of drug-likeness (QED) is 0.671. The van der Waals surface area contributed by atoms with Crippen LogP contribution in [-0.2, 0) is 14.3 Å². The first-order valence-electron chi connectivity index (χ1n) is 6.73. The van der Waals surface area contributed by atoms with Gasteiger partial charge in [-0.3, -0.25) is 4.79 Å². The van der Waals surface area contributed by atoms with Gasteiger partial charge in [0.25, 0.3) is 0 Å². The molecule has 8 heteroatoms. The number of rotatable bonds is 6. The highest BCUT2D eigenvalue weighted by Gasteiger charge is 2.21. The minimum Gasteiger partial charge on any atom is -0.465 e. The van der Waals surface area contributed by atoms with Crippen molar-refractivity contribution in [3.05, 3.63) is 23.5 Å². The number of hydrogen-bond acceptors (Lipinski definition) is 6. The first-order chi connectivity index (χ1) is 10.5.